The summed E-state index contributed by atoms with van der Waals surface area (Å²) in [5, 5.41) is 14.2. The molecular weight excluding hydrogens is 214 g/mol. The van der Waals surface area contributed by atoms with E-state index in [9.17, 15) is 5.11 Å². The number of hydrogen-bond acceptors (Lipinski definition) is 3. The normalized spacial score (nSPS) is 12.6. The Morgan fingerprint density at radius 3 is 2.94 bits per heavy atom. The summed E-state index contributed by atoms with van der Waals surface area (Å²) in [7, 11) is 1.89. The number of nitrogens with zero attached hydrogens (tertiary/aromatic N) is 3. The molecule has 1 N–H and O–H groups in total. The predicted octanol–water partition coefficient (Wildman–Crippen LogP) is 1.79. The maximum absolute atomic E-state index is 10.1. The number of hydrogen-bond donors (Lipinski definition) is 1. The summed E-state index contributed by atoms with van der Waals surface area (Å²) in [5.41, 5.74) is 2.95. The van der Waals surface area contributed by atoms with Gasteiger partial charge in [-0.2, -0.15) is 5.10 Å². The van der Waals surface area contributed by atoms with E-state index >= 15 is 0 Å². The minimum atomic E-state index is -0.503. The lowest BCUT2D eigenvalue weighted by atomic mass is 10.0. The minimum Gasteiger partial charge on any atom is -0.387 e. The molecule has 4 nitrogen and oxygen atoms in total. The van der Waals surface area contributed by atoms with Crippen LogP contribution in [0.15, 0.2) is 30.7 Å². The van der Waals surface area contributed by atoms with Gasteiger partial charge in [0.2, 0.25) is 0 Å². The van der Waals surface area contributed by atoms with Gasteiger partial charge >= 0.3 is 0 Å². The second-order valence-corrected chi connectivity index (χ2v) is 4.28. The second-order valence-electron chi connectivity index (χ2n) is 4.28. The number of aromatic nitrogens is 3. The van der Waals surface area contributed by atoms with Gasteiger partial charge in [0.05, 0.1) is 18.0 Å². The molecule has 17 heavy (non-hydrogen) atoms. The molecule has 0 aliphatic rings. The molecule has 0 saturated heterocycles. The molecule has 2 heterocycles. The number of rotatable bonds is 4. The average molecular weight is 231 g/mol. The number of aliphatic hydroxyl groups excluding tert-OH is 1. The van der Waals surface area contributed by atoms with E-state index in [0.717, 1.165) is 23.2 Å². The van der Waals surface area contributed by atoms with Crippen LogP contribution in [0.4, 0.5) is 0 Å². The third-order valence-electron chi connectivity index (χ3n) is 2.83. The molecule has 2 aromatic rings. The number of aliphatic hydroxyl groups is 1. The third kappa shape index (κ3) is 2.91. The fourth-order valence-electron chi connectivity index (χ4n) is 1.89. The van der Waals surface area contributed by atoms with Crippen molar-refractivity contribution in [3.63, 3.8) is 0 Å². The monoisotopic (exact) mass is 231 g/mol. The van der Waals surface area contributed by atoms with Crippen molar-refractivity contribution in [3.05, 3.63) is 47.5 Å². The first-order valence-electron chi connectivity index (χ1n) is 5.74. The zero-order chi connectivity index (χ0) is 12.3. The molecule has 2 rings (SSSR count). The van der Waals surface area contributed by atoms with Crippen molar-refractivity contribution in [2.24, 2.45) is 7.05 Å². The lowest BCUT2D eigenvalue weighted by molar-refractivity contribution is 0.162. The van der Waals surface area contributed by atoms with Crippen LogP contribution >= 0.6 is 0 Å². The van der Waals surface area contributed by atoms with E-state index in [2.05, 4.69) is 10.1 Å². The lowest BCUT2D eigenvalue weighted by Crippen LogP contribution is -2.04. The van der Waals surface area contributed by atoms with E-state index < -0.39 is 6.10 Å². The molecular formula is C13H17N3O. The molecule has 1 unspecified atom stereocenters. The van der Waals surface area contributed by atoms with Crippen molar-refractivity contribution in [1.29, 1.82) is 0 Å². The summed E-state index contributed by atoms with van der Waals surface area (Å²) >= 11 is 0. The molecule has 2 aromatic heterocycles. The minimum absolute atomic E-state index is 0.503. The highest BCUT2D eigenvalue weighted by Gasteiger charge is 2.11. The third-order valence-corrected chi connectivity index (χ3v) is 2.83. The molecule has 0 fully saturated rings. The molecule has 90 valence electrons. The highest BCUT2D eigenvalue weighted by Crippen LogP contribution is 2.19. The van der Waals surface area contributed by atoms with Crippen LogP contribution in [0.25, 0.3) is 0 Å². The van der Waals surface area contributed by atoms with Gasteiger partial charge in [-0.15, -0.1) is 0 Å². The number of aryl methyl sites for hydroxylation is 3. The molecule has 0 aliphatic carbocycles. The van der Waals surface area contributed by atoms with Crippen LogP contribution in [0.1, 0.15) is 29.3 Å². The van der Waals surface area contributed by atoms with Gasteiger partial charge in [-0.25, -0.2) is 0 Å². The average Bonchev–Trinajstić information content (AvgIpc) is 2.73. The van der Waals surface area contributed by atoms with Gasteiger partial charge in [-0.05, 0) is 37.0 Å². The summed E-state index contributed by atoms with van der Waals surface area (Å²) in [4.78, 5) is 4.22. The Kier molecular flexibility index (Phi) is 3.54. The zero-order valence-electron chi connectivity index (χ0n) is 10.2. The van der Waals surface area contributed by atoms with E-state index in [1.165, 1.54) is 0 Å². The first kappa shape index (κ1) is 11.8. The standard InChI is InChI=1S/C13H17N3O/c1-10-4-3-7-14-13(10)12(17)6-5-11-8-15-16(2)9-11/h3-4,7-9,12,17H,5-6H2,1-2H3. The van der Waals surface area contributed by atoms with Crippen LogP contribution in [-0.2, 0) is 13.5 Å². The Morgan fingerprint density at radius 2 is 2.29 bits per heavy atom. The Balaban J connectivity index is 1.98. The number of pyridine rings is 1. The largest absolute Gasteiger partial charge is 0.387 e. The van der Waals surface area contributed by atoms with Crippen molar-refractivity contribution in [1.82, 2.24) is 14.8 Å². The van der Waals surface area contributed by atoms with E-state index in [4.69, 9.17) is 0 Å². The summed E-state index contributed by atoms with van der Waals surface area (Å²) in [6.45, 7) is 1.97. The van der Waals surface area contributed by atoms with Gasteiger partial charge in [-0.1, -0.05) is 6.07 Å². The molecule has 4 heteroatoms. The maximum Gasteiger partial charge on any atom is 0.0965 e. The first-order valence-corrected chi connectivity index (χ1v) is 5.74. The van der Waals surface area contributed by atoms with E-state index in [1.54, 1.807) is 10.9 Å². The Bertz CT molecular complexity index is 493. The summed E-state index contributed by atoms with van der Waals surface area (Å²) in [6.07, 6.45) is 6.50. The van der Waals surface area contributed by atoms with Crippen LogP contribution in [-0.4, -0.2) is 19.9 Å². The van der Waals surface area contributed by atoms with E-state index in [0.29, 0.717) is 6.42 Å². The quantitative estimate of drug-likeness (QED) is 0.872. The van der Waals surface area contributed by atoms with E-state index in [1.807, 2.05) is 38.5 Å². The summed E-state index contributed by atoms with van der Waals surface area (Å²) in [6, 6.07) is 3.85. The highest BCUT2D eigenvalue weighted by atomic mass is 16.3. The fourth-order valence-corrected chi connectivity index (χ4v) is 1.89. The highest BCUT2D eigenvalue weighted by molar-refractivity contribution is 5.20. The van der Waals surface area contributed by atoms with Gasteiger partial charge < -0.3 is 5.11 Å². The molecule has 0 aliphatic heterocycles. The molecule has 0 bridgehead atoms. The SMILES string of the molecule is Cc1cccnc1C(O)CCc1cnn(C)c1. The molecule has 0 aromatic carbocycles. The van der Waals surface area contributed by atoms with Gasteiger partial charge in [0, 0.05) is 19.4 Å². The summed E-state index contributed by atoms with van der Waals surface area (Å²) < 4.78 is 1.77. The van der Waals surface area contributed by atoms with Crippen LogP contribution in [0, 0.1) is 6.92 Å². The van der Waals surface area contributed by atoms with Gasteiger partial charge in [0.15, 0.2) is 0 Å². The fraction of sp³-hybridized carbons (Fsp3) is 0.385. The van der Waals surface area contributed by atoms with Gasteiger partial charge in [0.25, 0.3) is 0 Å². The van der Waals surface area contributed by atoms with Crippen molar-refractivity contribution >= 4 is 0 Å². The first-order chi connectivity index (χ1) is 8.16. The Labute approximate surface area is 101 Å². The maximum atomic E-state index is 10.1. The Morgan fingerprint density at radius 1 is 1.47 bits per heavy atom. The van der Waals surface area contributed by atoms with Crippen LogP contribution in [0.2, 0.25) is 0 Å². The van der Waals surface area contributed by atoms with Gasteiger partial charge in [-0.3, -0.25) is 9.67 Å². The molecule has 0 radical (unpaired) electrons. The van der Waals surface area contributed by atoms with Crippen molar-refractivity contribution in [2.75, 3.05) is 0 Å². The van der Waals surface area contributed by atoms with E-state index in [-0.39, 0.29) is 0 Å². The molecule has 0 spiro atoms. The van der Waals surface area contributed by atoms with Crippen molar-refractivity contribution in [2.45, 2.75) is 25.9 Å². The lowest BCUT2D eigenvalue weighted by Gasteiger charge is -2.11. The van der Waals surface area contributed by atoms with Crippen molar-refractivity contribution < 1.29 is 5.11 Å². The molecule has 0 saturated carbocycles. The zero-order valence-corrected chi connectivity index (χ0v) is 10.2. The summed E-state index contributed by atoms with van der Waals surface area (Å²) in [5.74, 6) is 0. The Hall–Kier alpha value is -1.68. The topological polar surface area (TPSA) is 50.9 Å². The second kappa shape index (κ2) is 5.10. The van der Waals surface area contributed by atoms with Gasteiger partial charge in [0.1, 0.15) is 0 Å². The predicted molar refractivity (Wildman–Crippen MR) is 65.5 cm³/mol. The molecule has 0 amide bonds. The van der Waals surface area contributed by atoms with Crippen LogP contribution < -0.4 is 0 Å². The molecule has 1 atom stereocenters. The van der Waals surface area contributed by atoms with Crippen molar-refractivity contribution in [3.8, 4) is 0 Å². The van der Waals surface area contributed by atoms with Crippen LogP contribution in [0.3, 0.4) is 0 Å². The van der Waals surface area contributed by atoms with Crippen LogP contribution in [0.5, 0.6) is 0 Å². The smallest absolute Gasteiger partial charge is 0.0965 e.